The minimum atomic E-state index is -1.02. The predicted molar refractivity (Wildman–Crippen MR) is 127 cm³/mol. The summed E-state index contributed by atoms with van der Waals surface area (Å²) in [7, 11) is 1.56. The van der Waals surface area contributed by atoms with Crippen molar-refractivity contribution in [3.8, 4) is 0 Å². The molecule has 0 aliphatic carbocycles. The third-order valence-corrected chi connectivity index (χ3v) is 5.43. The molecule has 9 nitrogen and oxygen atoms in total. The van der Waals surface area contributed by atoms with Crippen LogP contribution in [0.15, 0.2) is 65.1 Å². The van der Waals surface area contributed by atoms with Crippen molar-refractivity contribution in [2.24, 2.45) is 0 Å². The predicted octanol–water partition coefficient (Wildman–Crippen LogP) is 3.18. The molecule has 0 fully saturated rings. The minimum Gasteiger partial charge on any atom is -0.464 e. The number of methoxy groups -OCH3 is 1. The summed E-state index contributed by atoms with van der Waals surface area (Å²) in [6, 6.07) is 17.3. The first-order valence-electron chi connectivity index (χ1n) is 11.0. The number of benzene rings is 2. The number of furan rings is 1. The lowest BCUT2D eigenvalue weighted by Gasteiger charge is -2.30. The van der Waals surface area contributed by atoms with Gasteiger partial charge in [0.05, 0.1) is 12.1 Å². The van der Waals surface area contributed by atoms with Gasteiger partial charge in [0, 0.05) is 19.3 Å². The van der Waals surface area contributed by atoms with E-state index >= 15 is 0 Å². The molecule has 0 aliphatic heterocycles. The highest BCUT2D eigenvalue weighted by molar-refractivity contribution is 6.01. The Labute approximate surface area is 197 Å². The van der Waals surface area contributed by atoms with Gasteiger partial charge in [-0.05, 0) is 50.2 Å². The van der Waals surface area contributed by atoms with Crippen molar-refractivity contribution in [3.05, 3.63) is 77.7 Å². The van der Waals surface area contributed by atoms with Crippen LogP contribution in [0, 0.1) is 13.8 Å². The number of ether oxygens (including phenoxy) is 1. The van der Waals surface area contributed by atoms with Crippen LogP contribution in [0.5, 0.6) is 0 Å². The average molecular weight is 462 g/mol. The van der Waals surface area contributed by atoms with Gasteiger partial charge < -0.3 is 14.5 Å². The van der Waals surface area contributed by atoms with Gasteiger partial charge >= 0.3 is 0 Å². The van der Waals surface area contributed by atoms with Gasteiger partial charge in [0.25, 0.3) is 5.91 Å². The van der Waals surface area contributed by atoms with E-state index < -0.39 is 6.04 Å². The standard InChI is InChI=1S/C25H27N5O4/c1-17-8-11-19(12-9-17)30(23(31)16-29-21-7-5-4-6-20(21)27-28-29)24(22-13-10-18(2)34-22)25(32)26-14-15-33-3/h4-13,24H,14-16H2,1-3H3,(H,26,32)/t24-/m1/s1. The Hall–Kier alpha value is -3.98. The van der Waals surface area contributed by atoms with Crippen LogP contribution in [0.4, 0.5) is 5.69 Å². The SMILES string of the molecule is COCCNC(=O)[C@@H](c1ccc(C)o1)N(C(=O)Cn1nnc2ccccc21)c1ccc(C)cc1. The summed E-state index contributed by atoms with van der Waals surface area (Å²) in [5, 5.41) is 11.1. The molecule has 0 radical (unpaired) electrons. The number of carbonyl (C=O) groups excluding carboxylic acids is 2. The molecular weight excluding hydrogens is 434 g/mol. The number of aryl methyl sites for hydroxylation is 2. The molecule has 2 amide bonds. The Morgan fingerprint density at radius 2 is 1.85 bits per heavy atom. The van der Waals surface area contributed by atoms with Gasteiger partial charge in [-0.25, -0.2) is 4.68 Å². The van der Waals surface area contributed by atoms with Gasteiger partial charge in [-0.2, -0.15) is 0 Å². The topological polar surface area (TPSA) is 102 Å². The molecule has 0 saturated carbocycles. The number of anilines is 1. The summed E-state index contributed by atoms with van der Waals surface area (Å²) in [6.45, 7) is 4.30. The number of hydrogen-bond acceptors (Lipinski definition) is 6. The van der Waals surface area contributed by atoms with E-state index in [0.29, 0.717) is 35.9 Å². The molecule has 0 bridgehead atoms. The molecule has 34 heavy (non-hydrogen) atoms. The van der Waals surface area contributed by atoms with Crippen LogP contribution in [0.2, 0.25) is 0 Å². The number of nitrogens with zero attached hydrogens (tertiary/aromatic N) is 4. The van der Waals surface area contributed by atoms with Crippen molar-refractivity contribution in [2.75, 3.05) is 25.2 Å². The molecule has 2 heterocycles. The second-order valence-corrected chi connectivity index (χ2v) is 7.97. The highest BCUT2D eigenvalue weighted by Crippen LogP contribution is 2.30. The molecule has 2 aromatic heterocycles. The Kier molecular flexibility index (Phi) is 7.03. The zero-order valence-corrected chi connectivity index (χ0v) is 19.4. The maximum absolute atomic E-state index is 13.8. The first-order valence-corrected chi connectivity index (χ1v) is 11.0. The van der Waals surface area contributed by atoms with E-state index in [2.05, 4.69) is 15.6 Å². The molecule has 2 aromatic carbocycles. The van der Waals surface area contributed by atoms with Gasteiger partial charge in [-0.15, -0.1) is 5.10 Å². The summed E-state index contributed by atoms with van der Waals surface area (Å²) in [5.41, 5.74) is 3.02. The molecule has 9 heteroatoms. The number of carbonyl (C=O) groups is 2. The summed E-state index contributed by atoms with van der Waals surface area (Å²) in [4.78, 5) is 28.6. The maximum atomic E-state index is 13.8. The van der Waals surface area contributed by atoms with Crippen LogP contribution < -0.4 is 10.2 Å². The van der Waals surface area contributed by atoms with E-state index in [4.69, 9.17) is 9.15 Å². The van der Waals surface area contributed by atoms with Crippen molar-refractivity contribution in [2.45, 2.75) is 26.4 Å². The largest absolute Gasteiger partial charge is 0.464 e. The van der Waals surface area contributed by atoms with E-state index in [-0.39, 0.29) is 18.4 Å². The van der Waals surface area contributed by atoms with E-state index in [1.54, 1.807) is 26.2 Å². The van der Waals surface area contributed by atoms with Crippen molar-refractivity contribution in [3.63, 3.8) is 0 Å². The lowest BCUT2D eigenvalue weighted by Crippen LogP contribution is -2.45. The molecule has 0 saturated heterocycles. The van der Waals surface area contributed by atoms with Crippen LogP contribution in [-0.2, 0) is 20.9 Å². The minimum absolute atomic E-state index is 0.101. The lowest BCUT2D eigenvalue weighted by molar-refractivity contribution is -0.127. The van der Waals surface area contributed by atoms with Crippen LogP contribution in [0.25, 0.3) is 11.0 Å². The fourth-order valence-corrected chi connectivity index (χ4v) is 3.73. The van der Waals surface area contributed by atoms with Gasteiger partial charge in [0.2, 0.25) is 5.91 Å². The number of hydrogen-bond donors (Lipinski definition) is 1. The van der Waals surface area contributed by atoms with Crippen molar-refractivity contribution < 1.29 is 18.7 Å². The van der Waals surface area contributed by atoms with Gasteiger partial charge in [0.15, 0.2) is 6.04 Å². The second kappa shape index (κ2) is 10.3. The van der Waals surface area contributed by atoms with Crippen LogP contribution >= 0.6 is 0 Å². The number of aromatic nitrogens is 3. The fraction of sp³-hybridized carbons (Fsp3) is 0.280. The van der Waals surface area contributed by atoms with Gasteiger partial charge in [-0.1, -0.05) is 35.0 Å². The first kappa shape index (κ1) is 23.2. The average Bonchev–Trinajstić information content (AvgIpc) is 3.44. The highest BCUT2D eigenvalue weighted by Gasteiger charge is 2.35. The summed E-state index contributed by atoms with van der Waals surface area (Å²) in [5.74, 6) is 0.303. The Bertz CT molecular complexity index is 1280. The summed E-state index contributed by atoms with van der Waals surface area (Å²) in [6.07, 6.45) is 0. The summed E-state index contributed by atoms with van der Waals surface area (Å²) < 4.78 is 12.4. The Morgan fingerprint density at radius 3 is 2.56 bits per heavy atom. The fourth-order valence-electron chi connectivity index (χ4n) is 3.73. The van der Waals surface area contributed by atoms with Crippen molar-refractivity contribution >= 4 is 28.5 Å². The molecule has 1 N–H and O–H groups in total. The molecule has 0 unspecified atom stereocenters. The second-order valence-electron chi connectivity index (χ2n) is 7.97. The molecule has 4 aromatic rings. The van der Waals surface area contributed by atoms with E-state index in [1.807, 2.05) is 55.5 Å². The molecule has 176 valence electrons. The maximum Gasteiger partial charge on any atom is 0.251 e. The lowest BCUT2D eigenvalue weighted by atomic mass is 10.1. The highest BCUT2D eigenvalue weighted by atomic mass is 16.5. The third-order valence-electron chi connectivity index (χ3n) is 5.43. The summed E-state index contributed by atoms with van der Waals surface area (Å²) >= 11 is 0. The van der Waals surface area contributed by atoms with E-state index in [1.165, 1.54) is 9.58 Å². The first-order chi connectivity index (χ1) is 16.5. The molecule has 0 spiro atoms. The Morgan fingerprint density at radius 1 is 1.09 bits per heavy atom. The molecule has 0 aliphatic rings. The van der Waals surface area contributed by atoms with Gasteiger partial charge in [0.1, 0.15) is 23.6 Å². The van der Waals surface area contributed by atoms with Crippen molar-refractivity contribution in [1.82, 2.24) is 20.3 Å². The normalized spacial score (nSPS) is 12.0. The molecule has 4 rings (SSSR count). The number of amides is 2. The van der Waals surface area contributed by atoms with E-state index in [9.17, 15) is 9.59 Å². The number of fused-ring (bicyclic) bond motifs is 1. The zero-order chi connectivity index (χ0) is 24.1. The molecular formula is C25H27N5O4. The number of rotatable bonds is 9. The number of para-hydroxylation sites is 1. The monoisotopic (exact) mass is 461 g/mol. The van der Waals surface area contributed by atoms with Crippen LogP contribution in [-0.4, -0.2) is 47.1 Å². The zero-order valence-electron chi connectivity index (χ0n) is 19.4. The van der Waals surface area contributed by atoms with Gasteiger partial charge in [-0.3, -0.25) is 14.5 Å². The Balaban J connectivity index is 1.75. The van der Waals surface area contributed by atoms with E-state index in [0.717, 1.165) is 11.1 Å². The van der Waals surface area contributed by atoms with Crippen LogP contribution in [0.3, 0.4) is 0 Å². The number of nitrogens with one attached hydrogen (secondary N) is 1. The van der Waals surface area contributed by atoms with Crippen molar-refractivity contribution in [1.29, 1.82) is 0 Å². The third kappa shape index (κ3) is 4.99. The quantitative estimate of drug-likeness (QED) is 0.384. The van der Waals surface area contributed by atoms with Crippen LogP contribution in [0.1, 0.15) is 23.1 Å². The molecule has 1 atom stereocenters. The smallest absolute Gasteiger partial charge is 0.251 e.